The number of rotatable bonds is 11. The fourth-order valence-corrected chi connectivity index (χ4v) is 2.92. The van der Waals surface area contributed by atoms with Crippen LogP contribution in [0.25, 0.3) is 0 Å². The van der Waals surface area contributed by atoms with Crippen LogP contribution in [0.5, 0.6) is 0 Å². The van der Waals surface area contributed by atoms with Crippen molar-refractivity contribution in [2.24, 2.45) is 0 Å². The Morgan fingerprint density at radius 2 is 0.789 bits per heavy atom. The van der Waals surface area contributed by atoms with E-state index < -0.39 is 80.1 Å². The molecule has 0 aromatic heterocycles. The van der Waals surface area contributed by atoms with Crippen molar-refractivity contribution in [1.29, 1.82) is 0 Å². The van der Waals surface area contributed by atoms with Crippen molar-refractivity contribution in [3.63, 3.8) is 0 Å². The van der Waals surface area contributed by atoms with Gasteiger partial charge in [0.2, 0.25) is 0 Å². The summed E-state index contributed by atoms with van der Waals surface area (Å²) in [6.45, 7) is 2.11. The third-order valence-electron chi connectivity index (χ3n) is 3.91. The number of alkyl halides is 21. The second kappa shape index (κ2) is 9.00. The normalized spacial score (nSPS) is 17.7. The molecule has 1 atom stereocenters. The number of ether oxygens (including phenoxy) is 1. The van der Waals surface area contributed by atoms with E-state index in [0.717, 1.165) is 0 Å². The molecule has 0 aliphatic carbocycles. The van der Waals surface area contributed by atoms with Crippen LogP contribution >= 0.6 is 0 Å². The van der Waals surface area contributed by atoms with Crippen molar-refractivity contribution >= 4 is 10.0 Å². The van der Waals surface area contributed by atoms with Gasteiger partial charge in [-0.25, -0.2) is 8.42 Å². The predicted molar refractivity (Wildman–Crippen MR) is 73.9 cm³/mol. The summed E-state index contributed by atoms with van der Waals surface area (Å²) in [7, 11) is -8.63. The Morgan fingerprint density at radius 1 is 0.500 bits per heavy atom. The van der Waals surface area contributed by atoms with Crippen LogP contribution in [0, 0.1) is 0 Å². The average molecular weight is 641 g/mol. The molecular formula is C12H4F21NO3S. The highest BCUT2D eigenvalue weighted by atomic mass is 32.2. The summed E-state index contributed by atoms with van der Waals surface area (Å²) in [6.07, 6.45) is -15.9. The Balaban J connectivity index is 7.10. The van der Waals surface area contributed by atoms with Gasteiger partial charge in [-0.3, -0.25) is 0 Å². The Labute approximate surface area is 193 Å². The van der Waals surface area contributed by atoms with E-state index in [1.54, 1.807) is 0 Å². The smallest absolute Gasteiger partial charge is 0.446 e. The Kier molecular flexibility index (Phi) is 8.52. The molecule has 0 aliphatic rings. The highest BCUT2D eigenvalue weighted by molar-refractivity contribution is 7.90. The Morgan fingerprint density at radius 3 is 1.05 bits per heavy atom. The first-order chi connectivity index (χ1) is 16.0. The van der Waals surface area contributed by atoms with Crippen LogP contribution in [0.3, 0.4) is 0 Å². The minimum Gasteiger partial charge on any atom is -0.446 e. The third-order valence-corrected chi connectivity index (χ3v) is 5.37. The molecule has 0 heterocycles. The first-order valence-corrected chi connectivity index (χ1v) is 9.29. The molecule has 0 radical (unpaired) electrons. The summed E-state index contributed by atoms with van der Waals surface area (Å²) >= 11 is 0. The molecule has 0 saturated heterocycles. The van der Waals surface area contributed by atoms with Gasteiger partial charge in [0, 0.05) is 0 Å². The molecule has 38 heavy (non-hydrogen) atoms. The van der Waals surface area contributed by atoms with Crippen LogP contribution in [0.4, 0.5) is 92.2 Å². The molecule has 1 unspecified atom stereocenters. The molecule has 0 aliphatic heterocycles. The molecule has 1 N–H and O–H groups in total. The van der Waals surface area contributed by atoms with E-state index in [1.807, 2.05) is 0 Å². The van der Waals surface area contributed by atoms with Crippen LogP contribution in [-0.4, -0.2) is 67.5 Å². The van der Waals surface area contributed by atoms with Crippen molar-refractivity contribution in [2.45, 2.75) is 59.1 Å². The Bertz CT molecular complexity index is 996. The summed E-state index contributed by atoms with van der Waals surface area (Å²) in [5.74, 6) is -60.2. The summed E-state index contributed by atoms with van der Waals surface area (Å²) in [4.78, 5) is 0. The monoisotopic (exact) mass is 641 g/mol. The quantitative estimate of drug-likeness (QED) is 0.126. The number of sulfonamides is 1. The zero-order chi connectivity index (χ0) is 31.6. The maximum Gasteiger partial charge on any atom is 0.478 e. The largest absolute Gasteiger partial charge is 0.478 e. The van der Waals surface area contributed by atoms with Crippen molar-refractivity contribution in [3.05, 3.63) is 12.8 Å². The van der Waals surface area contributed by atoms with Gasteiger partial charge in [-0.1, -0.05) is 6.58 Å². The van der Waals surface area contributed by atoms with Gasteiger partial charge in [0.15, 0.2) is 0 Å². The second-order valence-electron chi connectivity index (χ2n) is 6.44. The molecule has 4 nitrogen and oxygen atoms in total. The topological polar surface area (TPSA) is 55.4 Å². The first-order valence-electron chi connectivity index (χ1n) is 7.81. The van der Waals surface area contributed by atoms with Gasteiger partial charge < -0.3 is 4.74 Å². The molecule has 0 spiro atoms. The lowest BCUT2D eigenvalue weighted by atomic mass is 9.91. The highest BCUT2D eigenvalue weighted by Gasteiger charge is 2.96. The number of hydrogen-bond donors (Lipinski definition) is 1. The van der Waals surface area contributed by atoms with Gasteiger partial charge in [-0.05, 0) is 0 Å². The average Bonchev–Trinajstić information content (AvgIpc) is 2.64. The Hall–Kier alpha value is -2.02. The lowest BCUT2D eigenvalue weighted by Crippen LogP contribution is -2.75. The van der Waals surface area contributed by atoms with Gasteiger partial charge in [0.05, 0.1) is 6.26 Å². The first kappa shape index (κ1) is 36.0. The minimum atomic E-state index is -9.21. The molecule has 0 aromatic carbocycles. The van der Waals surface area contributed by atoms with Gasteiger partial charge >= 0.3 is 59.1 Å². The summed E-state index contributed by atoms with van der Waals surface area (Å²) < 4.78 is 297. The fourth-order valence-electron chi connectivity index (χ4n) is 1.82. The van der Waals surface area contributed by atoms with E-state index >= 15 is 0 Å². The number of hydrogen-bond acceptors (Lipinski definition) is 3. The molecule has 0 rings (SSSR count). The SMILES string of the molecule is C=COC(F)(NS(=O)(=O)C(F)(F)C(F)(F)C(F)(F)C(F)(F)C(F)(F)C(F)(F)C(F)(F)C(F)(F)F)C(F)(F)F. The van der Waals surface area contributed by atoms with Crippen molar-refractivity contribution < 1.29 is 105 Å². The van der Waals surface area contributed by atoms with E-state index in [9.17, 15) is 101 Å². The molecule has 0 aromatic rings. The second-order valence-corrected chi connectivity index (χ2v) is 8.17. The van der Waals surface area contributed by atoms with Crippen molar-refractivity contribution in [1.82, 2.24) is 4.72 Å². The standard InChI is InChI=1S/C12H4F21NO3S/c1-2-37-12(33,10(28,29)30)34-38(35,36)11(31,32)8(23,24)6(19,20)4(15,16)3(13,14)5(17,18)7(21,22)9(25,26)27/h2,34H,1H2. The summed E-state index contributed by atoms with van der Waals surface area (Å²) in [6, 6.07) is 0. The lowest BCUT2D eigenvalue weighted by molar-refractivity contribution is -0.458. The van der Waals surface area contributed by atoms with E-state index in [-0.39, 0.29) is 0 Å². The minimum absolute atomic E-state index is 0.821. The maximum absolute atomic E-state index is 13.7. The van der Waals surface area contributed by atoms with Crippen LogP contribution in [-0.2, 0) is 14.8 Å². The van der Waals surface area contributed by atoms with E-state index in [1.165, 1.54) is 0 Å². The predicted octanol–water partition coefficient (Wildman–Crippen LogP) is 6.22. The fraction of sp³-hybridized carbons (Fsp3) is 0.833. The molecule has 26 heteroatoms. The summed E-state index contributed by atoms with van der Waals surface area (Å²) in [5, 5.41) is -8.43. The van der Waals surface area contributed by atoms with Crippen molar-refractivity contribution in [3.8, 4) is 0 Å². The maximum atomic E-state index is 13.7. The van der Waals surface area contributed by atoms with Gasteiger partial charge in [-0.2, -0.15) is 92.2 Å². The zero-order valence-electron chi connectivity index (χ0n) is 16.4. The van der Waals surface area contributed by atoms with Crippen LogP contribution in [0.15, 0.2) is 12.8 Å². The third kappa shape index (κ3) is 4.67. The molecular weight excluding hydrogens is 637 g/mol. The van der Waals surface area contributed by atoms with E-state index in [2.05, 4.69) is 11.3 Å². The zero-order valence-corrected chi connectivity index (χ0v) is 17.2. The molecule has 0 amide bonds. The van der Waals surface area contributed by atoms with Crippen molar-refractivity contribution in [2.75, 3.05) is 0 Å². The molecule has 0 fully saturated rings. The van der Waals surface area contributed by atoms with Crippen LogP contribution < -0.4 is 4.72 Å². The summed E-state index contributed by atoms with van der Waals surface area (Å²) in [5.41, 5.74) is 0. The number of halogens is 21. The van der Waals surface area contributed by atoms with Gasteiger partial charge in [0.25, 0.3) is 10.0 Å². The lowest BCUT2D eigenvalue weighted by Gasteiger charge is -2.42. The number of nitrogens with one attached hydrogen (secondary N) is 1. The molecule has 0 saturated carbocycles. The van der Waals surface area contributed by atoms with E-state index in [0.29, 0.717) is 0 Å². The van der Waals surface area contributed by atoms with Crippen LogP contribution in [0.1, 0.15) is 0 Å². The van der Waals surface area contributed by atoms with Gasteiger partial charge in [-0.15, -0.1) is 4.72 Å². The molecule has 228 valence electrons. The van der Waals surface area contributed by atoms with Crippen LogP contribution in [0.2, 0.25) is 0 Å². The van der Waals surface area contributed by atoms with Gasteiger partial charge in [0.1, 0.15) is 0 Å². The highest BCUT2D eigenvalue weighted by Crippen LogP contribution is 2.64. The molecule has 0 bridgehead atoms. The van der Waals surface area contributed by atoms with E-state index in [4.69, 9.17) is 0 Å².